The van der Waals surface area contributed by atoms with Crippen LogP contribution in [0, 0.1) is 20.3 Å². The van der Waals surface area contributed by atoms with Gasteiger partial charge in [0.1, 0.15) is 17.4 Å². The Morgan fingerprint density at radius 1 is 0.772 bits per heavy atom. The molecule has 4 N–H and O–H groups in total. The van der Waals surface area contributed by atoms with Crippen LogP contribution in [0.15, 0.2) is 92.2 Å². The van der Waals surface area contributed by atoms with Gasteiger partial charge >= 0.3 is 11.4 Å². The average molecular weight is 1030 g/mol. The minimum Gasteiger partial charge on any atom is -0.393 e. The number of hydrogen-bond donors (Lipinski definition) is 3. The molecule has 3 heterocycles. The summed E-state index contributed by atoms with van der Waals surface area (Å²) in [5.41, 5.74) is 7.14. The summed E-state index contributed by atoms with van der Waals surface area (Å²) in [6, 6.07) is 20.6. The number of benzene rings is 2. The van der Waals surface area contributed by atoms with Gasteiger partial charge in [0.05, 0.1) is 10.7 Å². The number of H-pyrrole nitrogens is 2. The fourth-order valence-corrected chi connectivity index (χ4v) is 4.69. The average Bonchev–Trinajstić information content (AvgIpc) is 3.53. The van der Waals surface area contributed by atoms with Crippen molar-refractivity contribution in [2.75, 3.05) is 0 Å². The summed E-state index contributed by atoms with van der Waals surface area (Å²) in [6.07, 6.45) is 3.61. The van der Waals surface area contributed by atoms with Crippen LogP contribution in [0.4, 0.5) is 0 Å². The molecule has 0 atom stereocenters. The quantitative estimate of drug-likeness (QED) is 0.137. The monoisotopic (exact) mass is 1030 g/mol. The third-order valence-corrected chi connectivity index (χ3v) is 9.23. The summed E-state index contributed by atoms with van der Waals surface area (Å²) in [5.74, 6) is 0.130. The normalized spacial score (nSPS) is 9.44. The Bertz CT molecular complexity index is 2010. The van der Waals surface area contributed by atoms with E-state index in [2.05, 4.69) is 73.2 Å². The number of aryl methyl sites for hydroxylation is 4. The molecule has 5 rings (SSSR count). The molecular formula is C40H59N8O5S2VW-. The molecule has 0 unspecified atom stereocenters. The first-order valence-electron chi connectivity index (χ1n) is 17.6. The number of carbonyl (C=O) groups is 1. The third-order valence-electron chi connectivity index (χ3n) is 7.32. The smallest absolute Gasteiger partial charge is 0.344 e. The van der Waals surface area contributed by atoms with Gasteiger partial charge in [0.25, 0.3) is 11.1 Å². The van der Waals surface area contributed by atoms with Crippen LogP contribution < -0.4 is 28.2 Å². The molecule has 0 fully saturated rings. The molecule has 0 saturated carbocycles. The number of aromatic amines is 2. The van der Waals surface area contributed by atoms with Gasteiger partial charge in [0, 0.05) is 69.4 Å². The Hall–Kier alpha value is -4.01. The molecule has 0 amide bonds. The Morgan fingerprint density at radius 3 is 1.39 bits per heavy atom. The van der Waals surface area contributed by atoms with E-state index in [9.17, 15) is 24.0 Å². The van der Waals surface area contributed by atoms with E-state index in [0.29, 0.717) is 4.99 Å². The second kappa shape index (κ2) is 31.0. The van der Waals surface area contributed by atoms with E-state index in [1.807, 2.05) is 81.8 Å². The van der Waals surface area contributed by atoms with E-state index in [1.54, 1.807) is 18.3 Å². The van der Waals surface area contributed by atoms with Crippen molar-refractivity contribution in [3.8, 4) is 0 Å². The summed E-state index contributed by atoms with van der Waals surface area (Å²) < 4.78 is 2.09. The molecule has 0 aliphatic heterocycles. The first-order valence-corrected chi connectivity index (χ1v) is 18.9. The Morgan fingerprint density at radius 2 is 1.12 bits per heavy atom. The number of thiazole rings is 1. The molecule has 17 heteroatoms. The summed E-state index contributed by atoms with van der Waals surface area (Å²) in [6.45, 7) is 24.0. The van der Waals surface area contributed by atoms with Crippen molar-refractivity contribution in [1.29, 1.82) is 0 Å². The molecule has 2 aromatic carbocycles. The number of hydrogen-bond acceptors (Lipinski definition) is 10. The van der Waals surface area contributed by atoms with Gasteiger partial charge in [0.2, 0.25) is 0 Å². The van der Waals surface area contributed by atoms with E-state index in [4.69, 9.17) is 18.0 Å². The molecule has 0 aliphatic carbocycles. The summed E-state index contributed by atoms with van der Waals surface area (Å²) in [5, 5.41) is 8.08. The fraction of sp³-hybridized carbons (Fsp3) is 0.400. The molecule has 1 radical (unpaired) electrons. The Balaban J connectivity index is -0.000000310. The van der Waals surface area contributed by atoms with Gasteiger partial charge in [-0.25, -0.2) is 23.9 Å². The van der Waals surface area contributed by atoms with E-state index < -0.39 is 22.5 Å². The van der Waals surface area contributed by atoms with Crippen molar-refractivity contribution in [3.05, 3.63) is 148 Å². The molecule has 13 nitrogen and oxygen atoms in total. The molecule has 3 aromatic heterocycles. The third kappa shape index (κ3) is 22.5. The number of nitrogens with one attached hydrogen (secondary N) is 2. The zero-order valence-electron chi connectivity index (χ0n) is 35.5. The van der Waals surface area contributed by atoms with Crippen LogP contribution >= 0.6 is 23.6 Å². The van der Waals surface area contributed by atoms with Crippen LogP contribution in [-0.2, 0) is 69.3 Å². The standard InChI is InChI=1S/C14H17NS.C10H13NS.2C4H5N3O2.C4H7O.2C2H6.V.W/c1-10-11(2)16-13(15-10)14(3,4)12-8-6-5-7-9-12;1-10(2,9(11)12)8-6-4-3-5-7-8;2*1-7-4(9)6-3(8)2-5-7;1-3-4(2)5;2*1-2;;/h5-9H,1-4H3;3-7H,1-2H3,(H2,11,12);2*2H,1H3,(H,6,8,9);3H,1-2H3;2*1-2H3;;/q;;;;-1;;;;. The maximum absolute atomic E-state index is 10.5. The maximum atomic E-state index is 10.5. The second-order valence-electron chi connectivity index (χ2n) is 12.0. The van der Waals surface area contributed by atoms with Gasteiger partial charge in [-0.3, -0.25) is 19.6 Å². The Kier molecular flexibility index (Phi) is 32.5. The van der Waals surface area contributed by atoms with Crippen molar-refractivity contribution in [2.24, 2.45) is 19.8 Å². The van der Waals surface area contributed by atoms with Crippen molar-refractivity contribution in [2.45, 2.75) is 93.9 Å². The van der Waals surface area contributed by atoms with Gasteiger partial charge in [-0.05, 0) is 65.4 Å². The first kappa shape index (κ1) is 59.7. The van der Waals surface area contributed by atoms with Crippen LogP contribution in [-0.4, -0.2) is 45.3 Å². The topological polar surface area (TPSA) is 191 Å². The minimum atomic E-state index is -0.498. The van der Waals surface area contributed by atoms with E-state index >= 15 is 0 Å². The number of aromatic nitrogens is 7. The Labute approximate surface area is 372 Å². The molecule has 313 valence electrons. The van der Waals surface area contributed by atoms with Gasteiger partial charge in [-0.1, -0.05) is 101 Å². The van der Waals surface area contributed by atoms with Gasteiger partial charge < -0.3 is 16.9 Å². The number of ketones is 1. The van der Waals surface area contributed by atoms with Crippen molar-refractivity contribution in [1.82, 2.24) is 34.5 Å². The molecule has 0 bridgehead atoms. The minimum absolute atomic E-state index is 0. The van der Waals surface area contributed by atoms with Crippen LogP contribution in [0.3, 0.4) is 0 Å². The second-order valence-corrected chi connectivity index (χ2v) is 13.7. The van der Waals surface area contributed by atoms with Crippen LogP contribution in [0.25, 0.3) is 0 Å². The largest absolute Gasteiger partial charge is 0.393 e. The van der Waals surface area contributed by atoms with Gasteiger partial charge in [-0.15, -0.1) is 11.3 Å². The SMILES string of the molecule is CC.CC.CC(C)(C(N)=S)c1ccccc1.C[CH-]C(C)=O.Cc1nc(C(C)(C)c2ccccc2)sc1C.Cn1ncc(=O)[nH]c1=O.Cn1ncc(=O)[nH]c1=O.[V].[W]. The van der Waals surface area contributed by atoms with E-state index in [-0.39, 0.29) is 56.2 Å². The summed E-state index contributed by atoms with van der Waals surface area (Å²) >= 11 is 6.80. The van der Waals surface area contributed by atoms with Crippen LogP contribution in [0.5, 0.6) is 0 Å². The van der Waals surface area contributed by atoms with Crippen molar-refractivity contribution >= 4 is 34.3 Å². The predicted molar refractivity (Wildman–Crippen MR) is 230 cm³/mol. The zero-order chi connectivity index (χ0) is 42.9. The number of carbonyl (C=O) groups excluding carboxylic acids is 1. The number of rotatable bonds is 5. The number of nitrogens with two attached hydrogens (primary N) is 1. The first-order chi connectivity index (χ1) is 25.7. The zero-order valence-corrected chi connectivity index (χ0v) is 41.5. The predicted octanol–water partition coefficient (Wildman–Crippen LogP) is 6.12. The number of thiocarbonyl (C=S) groups is 1. The molecule has 0 spiro atoms. The molecule has 57 heavy (non-hydrogen) atoms. The molecule has 0 saturated heterocycles. The van der Waals surface area contributed by atoms with Gasteiger partial charge in [0.15, 0.2) is 0 Å². The van der Waals surface area contributed by atoms with Crippen LogP contribution in [0.2, 0.25) is 0 Å². The fourth-order valence-electron chi connectivity index (χ4n) is 3.54. The summed E-state index contributed by atoms with van der Waals surface area (Å²) in [4.78, 5) is 61.9. The molecule has 5 aromatic rings. The molecular weight excluding hydrogens is 971 g/mol. The van der Waals surface area contributed by atoms with Gasteiger partial charge in [-0.2, -0.15) is 17.1 Å². The number of nitrogens with zero attached hydrogens (tertiary/aromatic N) is 5. The molecule has 0 aliphatic rings. The van der Waals surface area contributed by atoms with Crippen LogP contribution in [0.1, 0.15) is 95.9 Å². The van der Waals surface area contributed by atoms with E-state index in [1.165, 1.54) is 42.9 Å². The number of Topliss-reactive ketones (excluding diaryl/α,β-unsaturated/α-hetero) is 1. The summed E-state index contributed by atoms with van der Waals surface area (Å²) in [7, 11) is 2.91. The maximum Gasteiger partial charge on any atom is 0.344 e. The van der Waals surface area contributed by atoms with E-state index in [0.717, 1.165) is 33.0 Å². The van der Waals surface area contributed by atoms with Crippen molar-refractivity contribution < 1.29 is 44.4 Å². The van der Waals surface area contributed by atoms with Crippen molar-refractivity contribution in [3.63, 3.8) is 0 Å².